The number of methoxy groups -OCH3 is 3. The van der Waals surface area contributed by atoms with Gasteiger partial charge in [0.1, 0.15) is 0 Å². The van der Waals surface area contributed by atoms with E-state index in [2.05, 4.69) is 10.6 Å². The number of amides is 2. The van der Waals surface area contributed by atoms with Gasteiger partial charge in [0.05, 0.1) is 45.2 Å². The number of carbonyl (C=O) groups excluding carboxylic acids is 2. The lowest BCUT2D eigenvalue weighted by atomic mass is 9.84. The van der Waals surface area contributed by atoms with Crippen LogP contribution in [-0.2, 0) is 21.6 Å². The van der Waals surface area contributed by atoms with E-state index >= 15 is 0 Å². The summed E-state index contributed by atoms with van der Waals surface area (Å²) in [6, 6.07) is 13.6. The molecule has 1 saturated heterocycles. The summed E-state index contributed by atoms with van der Waals surface area (Å²) in [5.74, 6) is 1.00. The Balaban J connectivity index is 1.42. The largest absolute Gasteiger partial charge is 0.493 e. The minimum atomic E-state index is -1.03. The van der Waals surface area contributed by atoms with Crippen molar-refractivity contribution < 1.29 is 28.9 Å². The number of nitrogens with one attached hydrogen (secondary N) is 2. The van der Waals surface area contributed by atoms with Crippen LogP contribution in [0.25, 0.3) is 11.1 Å². The Kier molecular flexibility index (Phi) is 9.55. The van der Waals surface area contributed by atoms with Crippen molar-refractivity contribution in [1.29, 1.82) is 0 Å². The lowest BCUT2D eigenvalue weighted by Gasteiger charge is -2.38. The third kappa shape index (κ3) is 6.57. The third-order valence-electron chi connectivity index (χ3n) is 8.67. The lowest BCUT2D eigenvalue weighted by molar-refractivity contribution is -0.133. The van der Waals surface area contributed by atoms with E-state index in [4.69, 9.17) is 25.8 Å². The van der Waals surface area contributed by atoms with Gasteiger partial charge in [-0.2, -0.15) is 0 Å². The molecule has 0 bridgehead atoms. The van der Waals surface area contributed by atoms with E-state index in [9.17, 15) is 19.5 Å². The molecule has 1 fully saturated rings. The summed E-state index contributed by atoms with van der Waals surface area (Å²) < 4.78 is 17.1. The Bertz CT molecular complexity index is 1650. The van der Waals surface area contributed by atoms with Crippen molar-refractivity contribution in [2.75, 3.05) is 46.3 Å². The number of hydrogen-bond donors (Lipinski definition) is 3. The number of halogens is 1. The van der Waals surface area contributed by atoms with E-state index in [1.165, 1.54) is 20.1 Å². The van der Waals surface area contributed by atoms with E-state index in [0.717, 1.165) is 16.7 Å². The second kappa shape index (κ2) is 13.4. The SMILES string of the molecule is COc1cc2c(c(OC)c1OC)-c1ccc(NCC(=O)N3CCC(O)(c4ccc(Cl)cc4)CC3)c(=O)cc1[C@@H](NC(C)=O)CC2. The molecule has 1 atom stereocenters. The Morgan fingerprint density at radius 2 is 1.69 bits per heavy atom. The van der Waals surface area contributed by atoms with Crippen LogP contribution in [0.2, 0.25) is 5.02 Å². The summed E-state index contributed by atoms with van der Waals surface area (Å²) in [7, 11) is 4.64. The topological polar surface area (TPSA) is 126 Å². The molecule has 3 aromatic rings. The zero-order valence-electron chi connectivity index (χ0n) is 25.9. The summed E-state index contributed by atoms with van der Waals surface area (Å²) in [5.41, 5.74) is 2.67. The number of anilines is 1. The quantitative estimate of drug-likeness (QED) is 0.332. The number of rotatable bonds is 8. The average Bonchev–Trinajstić information content (AvgIpc) is 3.27. The average molecular weight is 636 g/mol. The molecular weight excluding hydrogens is 598 g/mol. The maximum absolute atomic E-state index is 13.6. The fourth-order valence-corrected chi connectivity index (χ4v) is 6.44. The number of hydrogen-bond acceptors (Lipinski definition) is 8. The zero-order chi connectivity index (χ0) is 32.3. The number of aryl methyl sites for hydroxylation is 1. The van der Waals surface area contributed by atoms with Crippen LogP contribution in [0.4, 0.5) is 5.69 Å². The van der Waals surface area contributed by atoms with Crippen LogP contribution in [0.15, 0.2) is 53.3 Å². The Morgan fingerprint density at radius 1 is 1.00 bits per heavy atom. The van der Waals surface area contributed by atoms with Gasteiger partial charge in [-0.05, 0) is 78.3 Å². The zero-order valence-corrected chi connectivity index (χ0v) is 26.6. The van der Waals surface area contributed by atoms with E-state index in [0.29, 0.717) is 72.2 Å². The molecule has 10 nitrogen and oxygen atoms in total. The molecule has 0 unspecified atom stereocenters. The number of fused-ring (bicyclic) bond motifs is 3. The first-order valence-electron chi connectivity index (χ1n) is 14.9. The predicted molar refractivity (Wildman–Crippen MR) is 172 cm³/mol. The van der Waals surface area contributed by atoms with Crippen LogP contribution in [-0.4, -0.2) is 62.8 Å². The molecule has 1 heterocycles. The molecule has 1 aliphatic carbocycles. The summed E-state index contributed by atoms with van der Waals surface area (Å²) in [4.78, 5) is 40.6. The highest BCUT2D eigenvalue weighted by Crippen LogP contribution is 2.50. The van der Waals surface area contributed by atoms with Crippen molar-refractivity contribution in [1.82, 2.24) is 10.2 Å². The van der Waals surface area contributed by atoms with Gasteiger partial charge in [-0.1, -0.05) is 29.8 Å². The Morgan fingerprint density at radius 3 is 2.31 bits per heavy atom. The maximum Gasteiger partial charge on any atom is 0.241 e. The van der Waals surface area contributed by atoms with Crippen molar-refractivity contribution in [3.8, 4) is 28.4 Å². The van der Waals surface area contributed by atoms with Gasteiger partial charge in [-0.3, -0.25) is 14.4 Å². The molecule has 3 N–H and O–H groups in total. The van der Waals surface area contributed by atoms with Crippen LogP contribution in [0, 0.1) is 0 Å². The standard InChI is InChI=1S/C34H38ClN3O7/c1-20(39)37-26-11-5-21-17-29(43-2)32(44-3)33(45-4)31(21)24-10-12-27(28(40)18-25(24)26)36-19-30(41)38-15-13-34(42,14-16-38)22-6-8-23(35)9-7-22/h6-10,12,17-18,26,42H,5,11,13-16,19H2,1-4H3,(H,36,40)(H,37,39)/t26-/m0/s1. The van der Waals surface area contributed by atoms with Gasteiger partial charge in [0.2, 0.25) is 23.0 Å². The van der Waals surface area contributed by atoms with Crippen molar-refractivity contribution in [2.45, 2.75) is 44.2 Å². The van der Waals surface area contributed by atoms with Gasteiger partial charge >= 0.3 is 0 Å². The number of likely N-dealkylation sites (tertiary alicyclic amines) is 1. The highest BCUT2D eigenvalue weighted by atomic mass is 35.5. The normalized spacial score (nSPS) is 16.8. The molecule has 2 amide bonds. The first-order valence-corrected chi connectivity index (χ1v) is 15.2. The molecule has 0 radical (unpaired) electrons. The molecule has 45 heavy (non-hydrogen) atoms. The second-order valence-electron chi connectivity index (χ2n) is 11.4. The summed E-state index contributed by atoms with van der Waals surface area (Å²) in [5, 5.41) is 17.8. The lowest BCUT2D eigenvalue weighted by Crippen LogP contribution is -2.46. The monoisotopic (exact) mass is 635 g/mol. The summed E-state index contributed by atoms with van der Waals surface area (Å²) >= 11 is 6.00. The van der Waals surface area contributed by atoms with E-state index < -0.39 is 11.6 Å². The van der Waals surface area contributed by atoms with E-state index in [1.807, 2.05) is 24.3 Å². The van der Waals surface area contributed by atoms with E-state index in [-0.39, 0.29) is 29.5 Å². The van der Waals surface area contributed by atoms with Crippen molar-refractivity contribution >= 4 is 29.1 Å². The van der Waals surface area contributed by atoms with Gasteiger partial charge in [0.15, 0.2) is 11.5 Å². The molecule has 1 aliphatic heterocycles. The number of piperidine rings is 1. The number of nitrogens with zero attached hydrogens (tertiary/aromatic N) is 1. The minimum absolute atomic E-state index is 0.0939. The molecule has 5 rings (SSSR count). The molecule has 0 aromatic heterocycles. The fourth-order valence-electron chi connectivity index (χ4n) is 6.31. The number of benzene rings is 2. The van der Waals surface area contributed by atoms with Gasteiger partial charge in [0.25, 0.3) is 0 Å². The van der Waals surface area contributed by atoms with Crippen molar-refractivity contribution in [2.24, 2.45) is 0 Å². The molecule has 0 spiro atoms. The van der Waals surface area contributed by atoms with Crippen molar-refractivity contribution in [3.63, 3.8) is 0 Å². The van der Waals surface area contributed by atoms with Crippen LogP contribution in [0.1, 0.15) is 48.9 Å². The maximum atomic E-state index is 13.6. The minimum Gasteiger partial charge on any atom is -0.493 e. The van der Waals surface area contributed by atoms with Crippen molar-refractivity contribution in [3.05, 3.63) is 80.5 Å². The number of ether oxygens (including phenoxy) is 3. The Labute approximate surface area is 267 Å². The third-order valence-corrected chi connectivity index (χ3v) is 8.92. The number of aliphatic hydroxyl groups is 1. The van der Waals surface area contributed by atoms with Crippen LogP contribution >= 0.6 is 11.6 Å². The molecule has 2 aliphatic rings. The first-order chi connectivity index (χ1) is 21.6. The van der Waals surface area contributed by atoms with Crippen LogP contribution in [0.5, 0.6) is 17.2 Å². The predicted octanol–water partition coefficient (Wildman–Crippen LogP) is 4.44. The second-order valence-corrected chi connectivity index (χ2v) is 11.8. The van der Waals surface area contributed by atoms with Gasteiger partial charge < -0.3 is 34.9 Å². The molecule has 0 saturated carbocycles. The summed E-state index contributed by atoms with van der Waals surface area (Å²) in [6.45, 7) is 2.10. The van der Waals surface area contributed by atoms with Gasteiger partial charge in [-0.25, -0.2) is 0 Å². The Hall–Kier alpha value is -4.28. The smallest absolute Gasteiger partial charge is 0.241 e. The molecule has 11 heteroatoms. The molecule has 238 valence electrons. The number of carbonyl (C=O) groups is 2. The van der Waals surface area contributed by atoms with Crippen LogP contribution < -0.4 is 30.3 Å². The fraction of sp³-hybridized carbons (Fsp3) is 0.382. The highest BCUT2D eigenvalue weighted by molar-refractivity contribution is 6.30. The summed E-state index contributed by atoms with van der Waals surface area (Å²) in [6.07, 6.45) is 1.91. The van der Waals surface area contributed by atoms with E-state index in [1.54, 1.807) is 37.3 Å². The highest BCUT2D eigenvalue weighted by Gasteiger charge is 2.35. The molecular formula is C34H38ClN3O7. The van der Waals surface area contributed by atoms with Crippen LogP contribution in [0.3, 0.4) is 0 Å². The van der Waals surface area contributed by atoms with Gasteiger partial charge in [0, 0.05) is 30.6 Å². The van der Waals surface area contributed by atoms with Gasteiger partial charge in [-0.15, -0.1) is 0 Å². The first kappa shape index (κ1) is 32.1. The molecule has 3 aromatic carbocycles.